The van der Waals surface area contributed by atoms with Crippen LogP contribution in [0, 0.1) is 13.8 Å². The fourth-order valence-corrected chi connectivity index (χ4v) is 3.50. The smallest absolute Gasteiger partial charge is 0.248 e. The zero-order valence-electron chi connectivity index (χ0n) is 13.4. The maximum absolute atomic E-state index is 12.3. The minimum Gasteiger partial charge on any atom is -0.366 e. The van der Waals surface area contributed by atoms with Crippen LogP contribution < -0.4 is 10.0 Å². The van der Waals surface area contributed by atoms with Crippen LogP contribution in [0.1, 0.15) is 27.0 Å². The molecule has 0 saturated carbocycles. The van der Waals surface area contributed by atoms with Crippen molar-refractivity contribution >= 4 is 21.6 Å². The second kappa shape index (κ2) is 6.42. The van der Waals surface area contributed by atoms with E-state index in [0.29, 0.717) is 11.3 Å². The molecule has 2 aromatic carbocycles. The molecule has 0 atom stereocenters. The molecular formula is C17H20N2O3S. The van der Waals surface area contributed by atoms with Gasteiger partial charge in [-0.05, 0) is 42.7 Å². The summed E-state index contributed by atoms with van der Waals surface area (Å²) in [6, 6.07) is 12.3. The fourth-order valence-electron chi connectivity index (χ4n) is 2.50. The number of rotatable bonds is 5. The number of carbonyl (C=O) groups is 1. The van der Waals surface area contributed by atoms with Crippen molar-refractivity contribution in [2.75, 3.05) is 10.6 Å². The first kappa shape index (κ1) is 17.0. The van der Waals surface area contributed by atoms with Gasteiger partial charge in [0.2, 0.25) is 15.9 Å². The van der Waals surface area contributed by atoms with E-state index in [1.54, 1.807) is 24.3 Å². The number of nitrogens with two attached hydrogens (primary N) is 1. The third-order valence-electron chi connectivity index (χ3n) is 3.65. The van der Waals surface area contributed by atoms with Crippen molar-refractivity contribution in [3.8, 4) is 0 Å². The Hall–Kier alpha value is -2.34. The largest absolute Gasteiger partial charge is 0.366 e. The monoisotopic (exact) mass is 332 g/mol. The molecule has 2 N–H and O–H groups in total. The molecule has 0 heterocycles. The van der Waals surface area contributed by atoms with Gasteiger partial charge < -0.3 is 5.73 Å². The summed E-state index contributed by atoms with van der Waals surface area (Å²) in [6.07, 6.45) is 1.19. The Bertz CT molecular complexity index is 807. The van der Waals surface area contributed by atoms with Gasteiger partial charge in [0.25, 0.3) is 0 Å². The van der Waals surface area contributed by atoms with Gasteiger partial charge in [-0.15, -0.1) is 0 Å². The van der Waals surface area contributed by atoms with Crippen molar-refractivity contribution in [1.29, 1.82) is 0 Å². The second-order valence-electron chi connectivity index (χ2n) is 5.57. The fraction of sp³-hybridized carbons (Fsp3) is 0.235. The molecule has 0 unspecified atom stereocenters. The van der Waals surface area contributed by atoms with E-state index >= 15 is 0 Å². The van der Waals surface area contributed by atoms with Gasteiger partial charge in [0, 0.05) is 5.56 Å². The van der Waals surface area contributed by atoms with Gasteiger partial charge >= 0.3 is 0 Å². The van der Waals surface area contributed by atoms with Gasteiger partial charge in [-0.25, -0.2) is 8.42 Å². The normalized spacial score (nSPS) is 11.3. The first-order valence-electron chi connectivity index (χ1n) is 7.13. The number of primary amides is 1. The zero-order chi connectivity index (χ0) is 17.2. The molecule has 6 heteroatoms. The molecule has 0 fully saturated rings. The molecule has 122 valence electrons. The van der Waals surface area contributed by atoms with Crippen LogP contribution >= 0.6 is 0 Å². The number of amides is 1. The van der Waals surface area contributed by atoms with E-state index in [9.17, 15) is 13.2 Å². The van der Waals surface area contributed by atoms with E-state index in [1.165, 1.54) is 10.6 Å². The van der Waals surface area contributed by atoms with Gasteiger partial charge in [-0.3, -0.25) is 9.10 Å². The van der Waals surface area contributed by atoms with Crippen molar-refractivity contribution in [2.24, 2.45) is 5.73 Å². The predicted molar refractivity (Wildman–Crippen MR) is 91.9 cm³/mol. The summed E-state index contributed by atoms with van der Waals surface area (Å²) in [5, 5.41) is 0. The Morgan fingerprint density at radius 2 is 1.57 bits per heavy atom. The van der Waals surface area contributed by atoms with Crippen molar-refractivity contribution in [3.05, 3.63) is 64.7 Å². The molecule has 2 rings (SSSR count). The molecule has 0 aliphatic carbocycles. The maximum atomic E-state index is 12.3. The number of carbonyl (C=O) groups excluding carboxylic acids is 1. The molecule has 2 aromatic rings. The molecule has 0 bridgehead atoms. The number of hydrogen-bond acceptors (Lipinski definition) is 3. The van der Waals surface area contributed by atoms with Gasteiger partial charge in [-0.1, -0.05) is 30.3 Å². The lowest BCUT2D eigenvalue weighted by molar-refractivity contribution is 0.100. The lowest BCUT2D eigenvalue weighted by Crippen LogP contribution is -2.30. The average molecular weight is 332 g/mol. The average Bonchev–Trinajstić information content (AvgIpc) is 2.45. The lowest BCUT2D eigenvalue weighted by Gasteiger charge is -2.26. The molecule has 0 spiro atoms. The van der Waals surface area contributed by atoms with Crippen LogP contribution in [0.2, 0.25) is 0 Å². The topological polar surface area (TPSA) is 80.5 Å². The molecular weight excluding hydrogens is 312 g/mol. The summed E-state index contributed by atoms with van der Waals surface area (Å²) in [7, 11) is -3.45. The van der Waals surface area contributed by atoms with E-state index < -0.39 is 15.9 Å². The highest BCUT2D eigenvalue weighted by molar-refractivity contribution is 7.92. The zero-order valence-corrected chi connectivity index (χ0v) is 14.2. The van der Waals surface area contributed by atoms with E-state index in [1.807, 2.05) is 32.0 Å². The summed E-state index contributed by atoms with van der Waals surface area (Å²) in [5.41, 5.74) is 8.87. The first-order chi connectivity index (χ1) is 10.7. The van der Waals surface area contributed by atoms with Crippen LogP contribution in [0.5, 0.6) is 0 Å². The van der Waals surface area contributed by atoms with Gasteiger partial charge in [0.05, 0.1) is 18.5 Å². The highest BCUT2D eigenvalue weighted by atomic mass is 32.2. The number of aryl methyl sites for hydroxylation is 2. The minimum absolute atomic E-state index is 0.198. The van der Waals surface area contributed by atoms with Crippen LogP contribution in [-0.2, 0) is 16.6 Å². The summed E-state index contributed by atoms with van der Waals surface area (Å²) >= 11 is 0. The Kier molecular flexibility index (Phi) is 4.75. The van der Waals surface area contributed by atoms with Crippen molar-refractivity contribution < 1.29 is 13.2 Å². The van der Waals surface area contributed by atoms with E-state index in [0.717, 1.165) is 16.7 Å². The number of sulfonamides is 1. The Morgan fingerprint density at radius 3 is 2.00 bits per heavy atom. The van der Waals surface area contributed by atoms with E-state index in [-0.39, 0.29) is 6.54 Å². The number of para-hydroxylation sites is 1. The summed E-state index contributed by atoms with van der Waals surface area (Å²) in [5.74, 6) is -0.508. The van der Waals surface area contributed by atoms with Crippen LogP contribution in [0.15, 0.2) is 42.5 Å². The Balaban J connectivity index is 2.43. The second-order valence-corrected chi connectivity index (χ2v) is 7.48. The molecule has 0 aliphatic rings. The van der Waals surface area contributed by atoms with Crippen molar-refractivity contribution in [2.45, 2.75) is 20.4 Å². The molecule has 1 amide bonds. The molecule has 5 nitrogen and oxygen atoms in total. The highest BCUT2D eigenvalue weighted by Gasteiger charge is 2.21. The third kappa shape index (κ3) is 3.90. The van der Waals surface area contributed by atoms with Crippen molar-refractivity contribution in [1.82, 2.24) is 0 Å². The molecule has 0 radical (unpaired) electrons. The summed E-state index contributed by atoms with van der Waals surface area (Å²) in [4.78, 5) is 11.1. The number of hydrogen-bond donors (Lipinski definition) is 1. The number of anilines is 1. The first-order valence-corrected chi connectivity index (χ1v) is 8.97. The van der Waals surface area contributed by atoms with Gasteiger partial charge in [0.15, 0.2) is 0 Å². The van der Waals surface area contributed by atoms with Gasteiger partial charge in [-0.2, -0.15) is 0 Å². The Morgan fingerprint density at radius 1 is 1.04 bits per heavy atom. The SMILES string of the molecule is Cc1cccc(C)c1N(Cc1ccc(C(N)=O)cc1)S(C)(=O)=O. The molecule has 23 heavy (non-hydrogen) atoms. The number of benzene rings is 2. The lowest BCUT2D eigenvalue weighted by atomic mass is 10.1. The third-order valence-corrected chi connectivity index (χ3v) is 4.77. The van der Waals surface area contributed by atoms with E-state index in [4.69, 9.17) is 5.73 Å². The van der Waals surface area contributed by atoms with Crippen LogP contribution in [0.4, 0.5) is 5.69 Å². The highest BCUT2D eigenvalue weighted by Crippen LogP contribution is 2.28. The van der Waals surface area contributed by atoms with Crippen LogP contribution in [-0.4, -0.2) is 20.6 Å². The van der Waals surface area contributed by atoms with Crippen LogP contribution in [0.3, 0.4) is 0 Å². The summed E-state index contributed by atoms with van der Waals surface area (Å²) < 4.78 is 25.9. The predicted octanol–water partition coefficient (Wildman–Crippen LogP) is 2.37. The molecule has 0 aliphatic heterocycles. The van der Waals surface area contributed by atoms with Crippen molar-refractivity contribution in [3.63, 3.8) is 0 Å². The van der Waals surface area contributed by atoms with E-state index in [2.05, 4.69) is 0 Å². The van der Waals surface area contributed by atoms with Gasteiger partial charge in [0.1, 0.15) is 0 Å². The molecule has 0 saturated heterocycles. The summed E-state index contributed by atoms with van der Waals surface area (Å²) in [6.45, 7) is 3.97. The minimum atomic E-state index is -3.45. The standard InChI is InChI=1S/C17H20N2O3S/c1-12-5-4-6-13(2)16(12)19(23(3,21)22)11-14-7-9-15(10-8-14)17(18)20/h4-10H,11H2,1-3H3,(H2,18,20). The Labute approximate surface area is 136 Å². The van der Waals surface area contributed by atoms with Crippen LogP contribution in [0.25, 0.3) is 0 Å². The molecule has 0 aromatic heterocycles. The quantitative estimate of drug-likeness (QED) is 0.913. The number of nitrogens with zero attached hydrogens (tertiary/aromatic N) is 1. The maximum Gasteiger partial charge on any atom is 0.248 e.